The lowest BCUT2D eigenvalue weighted by molar-refractivity contribution is -0.123. The van der Waals surface area contributed by atoms with E-state index in [4.69, 9.17) is 5.73 Å². The number of hydrogen-bond donors (Lipinski definition) is 2. The number of nitrogens with two attached hydrogens (primary N) is 1. The Morgan fingerprint density at radius 1 is 0.767 bits per heavy atom. The lowest BCUT2D eigenvalue weighted by atomic mass is 9.97. The molecule has 0 aliphatic heterocycles. The van der Waals surface area contributed by atoms with E-state index in [1.165, 1.54) is 4.90 Å². The van der Waals surface area contributed by atoms with E-state index >= 15 is 0 Å². The van der Waals surface area contributed by atoms with Crippen molar-refractivity contribution in [3.8, 4) is 0 Å². The summed E-state index contributed by atoms with van der Waals surface area (Å²) in [5.41, 5.74) is 8.08. The highest BCUT2D eigenvalue weighted by Gasteiger charge is 2.34. The van der Waals surface area contributed by atoms with E-state index < -0.39 is 18.0 Å². The Morgan fingerprint density at radius 3 is 1.70 bits per heavy atom. The summed E-state index contributed by atoms with van der Waals surface area (Å²) in [5.74, 6) is -0.931. The van der Waals surface area contributed by atoms with Gasteiger partial charge >= 0.3 is 0 Å². The Hall–Kier alpha value is -3.44. The maximum Gasteiger partial charge on any atom is 0.254 e. The van der Waals surface area contributed by atoms with Crippen LogP contribution in [0.3, 0.4) is 0 Å². The van der Waals surface area contributed by atoms with Crippen LogP contribution in [0.15, 0.2) is 91.0 Å². The van der Waals surface area contributed by atoms with Gasteiger partial charge in [-0.05, 0) is 29.7 Å². The number of carbonyl (C=O) groups is 2. The summed E-state index contributed by atoms with van der Waals surface area (Å²) in [6.07, 6.45) is 0.689. The van der Waals surface area contributed by atoms with Crippen LogP contribution in [0.2, 0.25) is 0 Å². The molecular weight excluding hydrogens is 376 g/mol. The zero-order valence-electron chi connectivity index (χ0n) is 16.7. The number of primary amides is 1. The van der Waals surface area contributed by atoms with Crippen LogP contribution in [0.1, 0.15) is 21.5 Å². The molecule has 30 heavy (non-hydrogen) atoms. The van der Waals surface area contributed by atoms with Gasteiger partial charge in [0.2, 0.25) is 5.91 Å². The number of benzene rings is 3. The van der Waals surface area contributed by atoms with Gasteiger partial charge in [-0.15, -0.1) is 0 Å². The van der Waals surface area contributed by atoms with Gasteiger partial charge in [0.05, 0.1) is 12.6 Å². The minimum atomic E-state index is -0.888. The molecule has 0 bridgehead atoms. The highest BCUT2D eigenvalue weighted by Crippen LogP contribution is 2.19. The molecule has 0 radical (unpaired) electrons. The molecule has 0 saturated carbocycles. The molecule has 5 heteroatoms. The van der Waals surface area contributed by atoms with E-state index in [1.807, 2.05) is 66.7 Å². The van der Waals surface area contributed by atoms with Crippen molar-refractivity contribution in [2.45, 2.75) is 24.9 Å². The lowest BCUT2D eigenvalue weighted by Gasteiger charge is -2.36. The minimum absolute atomic E-state index is 0.278. The van der Waals surface area contributed by atoms with Crippen LogP contribution in [0, 0.1) is 0 Å². The number of amides is 2. The van der Waals surface area contributed by atoms with Gasteiger partial charge in [-0.2, -0.15) is 0 Å². The smallest absolute Gasteiger partial charge is 0.254 e. The fourth-order valence-electron chi connectivity index (χ4n) is 3.60. The van der Waals surface area contributed by atoms with E-state index in [1.54, 1.807) is 24.3 Å². The van der Waals surface area contributed by atoms with E-state index in [9.17, 15) is 14.7 Å². The number of hydrogen-bond acceptors (Lipinski definition) is 3. The van der Waals surface area contributed by atoms with Crippen molar-refractivity contribution < 1.29 is 14.7 Å². The van der Waals surface area contributed by atoms with Gasteiger partial charge in [-0.3, -0.25) is 9.59 Å². The first kappa shape index (κ1) is 21.3. The largest absolute Gasteiger partial charge is 0.394 e. The monoisotopic (exact) mass is 402 g/mol. The van der Waals surface area contributed by atoms with Crippen molar-refractivity contribution in [3.05, 3.63) is 108 Å². The Balaban J connectivity index is 1.99. The average Bonchev–Trinajstić information content (AvgIpc) is 2.79. The minimum Gasteiger partial charge on any atom is -0.394 e. The molecule has 5 nitrogen and oxygen atoms in total. The molecule has 3 aromatic rings. The molecule has 0 aliphatic carbocycles. The second-order valence-electron chi connectivity index (χ2n) is 7.21. The third kappa shape index (κ3) is 5.33. The van der Waals surface area contributed by atoms with Crippen LogP contribution in [-0.4, -0.2) is 40.5 Å². The second kappa shape index (κ2) is 10.4. The first-order valence-corrected chi connectivity index (χ1v) is 9.96. The van der Waals surface area contributed by atoms with E-state index in [-0.39, 0.29) is 18.9 Å². The maximum absolute atomic E-state index is 13.5. The number of aliphatic hydroxyl groups is 1. The molecule has 0 aromatic heterocycles. The summed E-state index contributed by atoms with van der Waals surface area (Å²) >= 11 is 0. The van der Waals surface area contributed by atoms with Crippen LogP contribution in [0.25, 0.3) is 0 Å². The summed E-state index contributed by atoms with van der Waals surface area (Å²) in [5, 5.41) is 10.2. The summed E-state index contributed by atoms with van der Waals surface area (Å²) in [4.78, 5) is 27.4. The Morgan fingerprint density at radius 2 is 1.23 bits per heavy atom. The lowest BCUT2D eigenvalue weighted by Crippen LogP contribution is -2.55. The molecule has 0 spiro atoms. The van der Waals surface area contributed by atoms with Crippen molar-refractivity contribution in [2.75, 3.05) is 6.61 Å². The van der Waals surface area contributed by atoms with Crippen LogP contribution < -0.4 is 5.73 Å². The first-order chi connectivity index (χ1) is 14.6. The third-order valence-corrected chi connectivity index (χ3v) is 5.11. The maximum atomic E-state index is 13.5. The van der Waals surface area contributed by atoms with Crippen LogP contribution >= 0.6 is 0 Å². The first-order valence-electron chi connectivity index (χ1n) is 9.96. The van der Waals surface area contributed by atoms with E-state index in [0.29, 0.717) is 12.0 Å². The number of nitrogens with zero attached hydrogens (tertiary/aromatic N) is 1. The molecule has 3 rings (SSSR count). The second-order valence-corrected chi connectivity index (χ2v) is 7.21. The number of rotatable bonds is 9. The van der Waals surface area contributed by atoms with Crippen LogP contribution in [-0.2, 0) is 17.6 Å². The molecular formula is C25H26N2O3. The molecule has 0 aliphatic rings. The molecule has 0 saturated heterocycles. The molecule has 2 atom stereocenters. The van der Waals surface area contributed by atoms with Gasteiger partial charge in [0.1, 0.15) is 6.04 Å². The van der Waals surface area contributed by atoms with Crippen molar-refractivity contribution >= 4 is 11.8 Å². The van der Waals surface area contributed by atoms with Crippen LogP contribution in [0.4, 0.5) is 0 Å². The van der Waals surface area contributed by atoms with E-state index in [2.05, 4.69) is 0 Å². The van der Waals surface area contributed by atoms with Gasteiger partial charge in [-0.1, -0.05) is 78.9 Å². The van der Waals surface area contributed by atoms with Crippen molar-refractivity contribution in [3.63, 3.8) is 0 Å². The van der Waals surface area contributed by atoms with Gasteiger partial charge in [-0.25, -0.2) is 0 Å². The molecule has 3 N–H and O–H groups in total. The SMILES string of the molecule is NC(=O)[C@H](Cc1ccccc1)N(C(=O)c1ccccc1)[C@H](CO)Cc1ccccc1. The van der Waals surface area contributed by atoms with Crippen molar-refractivity contribution in [2.24, 2.45) is 5.73 Å². The topological polar surface area (TPSA) is 83.6 Å². The standard InChI is InChI=1S/C25H26N2O3/c26-24(29)23(17-20-12-6-2-7-13-20)27(25(30)21-14-8-3-9-15-21)22(18-28)16-19-10-4-1-5-11-19/h1-15,22-23,28H,16-18H2,(H2,26,29)/t22-,23-/m0/s1. The zero-order valence-corrected chi connectivity index (χ0v) is 16.7. The Kier molecular flexibility index (Phi) is 7.35. The third-order valence-electron chi connectivity index (χ3n) is 5.11. The number of aliphatic hydroxyl groups excluding tert-OH is 1. The fraction of sp³-hybridized carbons (Fsp3) is 0.200. The summed E-state index contributed by atoms with van der Waals surface area (Å²) < 4.78 is 0. The fourth-order valence-corrected chi connectivity index (χ4v) is 3.60. The summed E-state index contributed by atoms with van der Waals surface area (Å²) in [7, 11) is 0. The average molecular weight is 402 g/mol. The predicted molar refractivity (Wildman–Crippen MR) is 117 cm³/mol. The number of carbonyl (C=O) groups excluding carboxylic acids is 2. The molecule has 0 heterocycles. The molecule has 2 amide bonds. The van der Waals surface area contributed by atoms with E-state index in [0.717, 1.165) is 11.1 Å². The van der Waals surface area contributed by atoms with Gasteiger partial charge in [0.15, 0.2) is 0 Å². The highest BCUT2D eigenvalue weighted by atomic mass is 16.3. The van der Waals surface area contributed by atoms with Crippen molar-refractivity contribution in [1.29, 1.82) is 0 Å². The summed E-state index contributed by atoms with van der Waals surface area (Å²) in [6, 6.07) is 26.3. The molecule has 3 aromatic carbocycles. The van der Waals surface area contributed by atoms with Crippen molar-refractivity contribution in [1.82, 2.24) is 4.90 Å². The summed E-state index contributed by atoms with van der Waals surface area (Å²) in [6.45, 7) is -0.286. The Labute approximate surface area is 176 Å². The highest BCUT2D eigenvalue weighted by molar-refractivity contribution is 5.97. The molecule has 0 fully saturated rings. The Bertz CT molecular complexity index is 946. The zero-order chi connectivity index (χ0) is 21.3. The van der Waals surface area contributed by atoms with Gasteiger partial charge in [0.25, 0.3) is 5.91 Å². The normalized spacial score (nSPS) is 12.7. The van der Waals surface area contributed by atoms with Crippen LogP contribution in [0.5, 0.6) is 0 Å². The quantitative estimate of drug-likeness (QED) is 0.577. The molecule has 0 unspecified atom stereocenters. The molecule has 154 valence electrons. The van der Waals surface area contributed by atoms with Gasteiger partial charge < -0.3 is 15.7 Å². The predicted octanol–water partition coefficient (Wildman–Crippen LogP) is 2.83. The van der Waals surface area contributed by atoms with Gasteiger partial charge in [0, 0.05) is 12.0 Å².